The van der Waals surface area contributed by atoms with Crippen LogP contribution in [-0.4, -0.2) is 35.0 Å². The quantitative estimate of drug-likeness (QED) is 0.744. The number of carboxylic acids is 1. The zero-order valence-corrected chi connectivity index (χ0v) is 10.3. The normalized spacial score (nSPS) is 20.8. The molecular formula is C12H21NO3. The summed E-state index contributed by atoms with van der Waals surface area (Å²) in [6, 6.07) is 0. The Morgan fingerprint density at radius 2 is 1.94 bits per heavy atom. The smallest absolute Gasteiger partial charge is 0.315 e. The lowest BCUT2D eigenvalue weighted by Crippen LogP contribution is -2.38. The number of hydrogen-bond acceptors (Lipinski definition) is 2. The fourth-order valence-electron chi connectivity index (χ4n) is 2.33. The molecule has 0 saturated carbocycles. The third kappa shape index (κ3) is 2.36. The second-order valence-corrected chi connectivity index (χ2v) is 4.78. The summed E-state index contributed by atoms with van der Waals surface area (Å²) < 4.78 is 0. The molecule has 0 aromatic carbocycles. The van der Waals surface area contributed by atoms with Crippen molar-refractivity contribution < 1.29 is 14.7 Å². The van der Waals surface area contributed by atoms with E-state index in [2.05, 4.69) is 13.8 Å². The van der Waals surface area contributed by atoms with Crippen LogP contribution >= 0.6 is 0 Å². The molecule has 92 valence electrons. The molecule has 1 aliphatic rings. The fraction of sp³-hybridized carbons (Fsp3) is 0.833. The SMILES string of the molecule is CCC1(CC)CCN(C(=O)C(C)C(=O)O)C1. The van der Waals surface area contributed by atoms with Crippen LogP contribution < -0.4 is 0 Å². The molecule has 1 aliphatic heterocycles. The number of carbonyl (C=O) groups excluding carboxylic acids is 1. The zero-order chi connectivity index (χ0) is 12.3. The minimum Gasteiger partial charge on any atom is -0.481 e. The standard InChI is InChI=1S/C12H21NO3/c1-4-12(5-2)6-7-13(8-12)10(14)9(3)11(15)16/h9H,4-8H2,1-3H3,(H,15,16). The van der Waals surface area contributed by atoms with Crippen LogP contribution in [0.5, 0.6) is 0 Å². The Morgan fingerprint density at radius 1 is 1.38 bits per heavy atom. The maximum Gasteiger partial charge on any atom is 0.315 e. The molecule has 0 bridgehead atoms. The van der Waals surface area contributed by atoms with Gasteiger partial charge >= 0.3 is 5.97 Å². The van der Waals surface area contributed by atoms with Crippen LogP contribution in [0, 0.1) is 11.3 Å². The van der Waals surface area contributed by atoms with E-state index in [4.69, 9.17) is 5.11 Å². The molecule has 1 rings (SSSR count). The predicted molar refractivity (Wildman–Crippen MR) is 61.0 cm³/mol. The van der Waals surface area contributed by atoms with Gasteiger partial charge in [-0.25, -0.2) is 0 Å². The van der Waals surface area contributed by atoms with E-state index in [1.54, 1.807) is 4.90 Å². The first-order chi connectivity index (χ1) is 7.45. The van der Waals surface area contributed by atoms with Gasteiger partial charge in [0.05, 0.1) is 0 Å². The summed E-state index contributed by atoms with van der Waals surface area (Å²) in [5, 5.41) is 8.81. The van der Waals surface area contributed by atoms with Crippen LogP contribution in [0.2, 0.25) is 0 Å². The Morgan fingerprint density at radius 3 is 2.31 bits per heavy atom. The molecule has 1 amide bonds. The number of nitrogens with zero attached hydrogens (tertiary/aromatic N) is 1. The molecular weight excluding hydrogens is 206 g/mol. The van der Waals surface area contributed by atoms with Gasteiger partial charge in [0.25, 0.3) is 0 Å². The van der Waals surface area contributed by atoms with Crippen molar-refractivity contribution in [1.82, 2.24) is 4.90 Å². The topological polar surface area (TPSA) is 57.6 Å². The van der Waals surface area contributed by atoms with Gasteiger partial charge < -0.3 is 10.0 Å². The summed E-state index contributed by atoms with van der Waals surface area (Å²) in [7, 11) is 0. The lowest BCUT2D eigenvalue weighted by Gasteiger charge is -2.26. The van der Waals surface area contributed by atoms with E-state index < -0.39 is 11.9 Å². The van der Waals surface area contributed by atoms with E-state index in [1.165, 1.54) is 6.92 Å². The van der Waals surface area contributed by atoms with Crippen LogP contribution in [0.25, 0.3) is 0 Å². The molecule has 0 radical (unpaired) electrons. The third-order valence-electron chi connectivity index (χ3n) is 3.99. The van der Waals surface area contributed by atoms with Gasteiger partial charge in [-0.2, -0.15) is 0 Å². The maximum atomic E-state index is 11.9. The van der Waals surface area contributed by atoms with E-state index in [1.807, 2.05) is 0 Å². The first-order valence-corrected chi connectivity index (χ1v) is 5.97. The van der Waals surface area contributed by atoms with Gasteiger partial charge in [-0.15, -0.1) is 0 Å². The molecule has 1 heterocycles. The molecule has 0 aromatic rings. The van der Waals surface area contributed by atoms with Crippen molar-refractivity contribution in [1.29, 1.82) is 0 Å². The van der Waals surface area contributed by atoms with E-state index in [-0.39, 0.29) is 11.3 Å². The van der Waals surface area contributed by atoms with Crippen LogP contribution in [-0.2, 0) is 9.59 Å². The highest BCUT2D eigenvalue weighted by Crippen LogP contribution is 2.37. The number of amides is 1. The van der Waals surface area contributed by atoms with Gasteiger partial charge in [0.15, 0.2) is 0 Å². The number of carboxylic acid groups (broad SMARTS) is 1. The van der Waals surface area contributed by atoms with Crippen LogP contribution in [0.1, 0.15) is 40.0 Å². The number of carbonyl (C=O) groups is 2. The van der Waals surface area contributed by atoms with Crippen molar-refractivity contribution in [3.05, 3.63) is 0 Å². The molecule has 0 aliphatic carbocycles. The van der Waals surface area contributed by atoms with Gasteiger partial charge in [-0.05, 0) is 31.6 Å². The Kier molecular flexibility index (Phi) is 3.94. The van der Waals surface area contributed by atoms with Gasteiger partial charge in [-0.3, -0.25) is 9.59 Å². The summed E-state index contributed by atoms with van der Waals surface area (Å²) in [6.07, 6.45) is 3.10. The number of aliphatic carboxylic acids is 1. The van der Waals surface area contributed by atoms with Gasteiger partial charge in [0, 0.05) is 13.1 Å². The molecule has 4 heteroatoms. The summed E-state index contributed by atoms with van der Waals surface area (Å²) in [5.74, 6) is -2.18. The van der Waals surface area contributed by atoms with Gasteiger partial charge in [-0.1, -0.05) is 13.8 Å². The fourth-order valence-corrected chi connectivity index (χ4v) is 2.33. The van der Waals surface area contributed by atoms with Crippen molar-refractivity contribution in [3.63, 3.8) is 0 Å². The predicted octanol–water partition coefficient (Wildman–Crippen LogP) is 1.75. The average Bonchev–Trinajstić information content (AvgIpc) is 2.72. The summed E-state index contributed by atoms with van der Waals surface area (Å²) in [6.45, 7) is 7.16. The minimum absolute atomic E-state index is 0.216. The maximum absolute atomic E-state index is 11.9. The molecule has 1 atom stereocenters. The van der Waals surface area contributed by atoms with Crippen LogP contribution in [0.3, 0.4) is 0 Å². The lowest BCUT2D eigenvalue weighted by molar-refractivity contribution is -0.150. The highest BCUT2D eigenvalue weighted by Gasteiger charge is 2.39. The third-order valence-corrected chi connectivity index (χ3v) is 3.99. The van der Waals surface area contributed by atoms with Gasteiger partial charge in [0.1, 0.15) is 5.92 Å². The Labute approximate surface area is 96.6 Å². The van der Waals surface area contributed by atoms with Crippen molar-refractivity contribution >= 4 is 11.9 Å². The molecule has 16 heavy (non-hydrogen) atoms. The second-order valence-electron chi connectivity index (χ2n) is 4.78. The monoisotopic (exact) mass is 227 g/mol. The van der Waals surface area contributed by atoms with Crippen molar-refractivity contribution in [2.24, 2.45) is 11.3 Å². The van der Waals surface area contributed by atoms with Crippen LogP contribution in [0.15, 0.2) is 0 Å². The summed E-state index contributed by atoms with van der Waals surface area (Å²) in [5.41, 5.74) is 0.216. The van der Waals surface area contributed by atoms with Crippen molar-refractivity contribution in [2.45, 2.75) is 40.0 Å². The first-order valence-electron chi connectivity index (χ1n) is 5.97. The molecule has 1 unspecified atom stereocenters. The molecule has 0 spiro atoms. The molecule has 1 saturated heterocycles. The zero-order valence-electron chi connectivity index (χ0n) is 10.3. The largest absolute Gasteiger partial charge is 0.481 e. The average molecular weight is 227 g/mol. The molecule has 1 fully saturated rings. The number of hydrogen-bond donors (Lipinski definition) is 1. The lowest BCUT2D eigenvalue weighted by atomic mass is 9.82. The van der Waals surface area contributed by atoms with E-state index in [0.29, 0.717) is 6.54 Å². The number of likely N-dealkylation sites (tertiary alicyclic amines) is 1. The van der Waals surface area contributed by atoms with E-state index in [9.17, 15) is 9.59 Å². The summed E-state index contributed by atoms with van der Waals surface area (Å²) >= 11 is 0. The summed E-state index contributed by atoms with van der Waals surface area (Å²) in [4.78, 5) is 24.3. The number of rotatable bonds is 4. The van der Waals surface area contributed by atoms with Gasteiger partial charge in [0.2, 0.25) is 5.91 Å². The van der Waals surface area contributed by atoms with Crippen LogP contribution in [0.4, 0.5) is 0 Å². The van der Waals surface area contributed by atoms with Crippen molar-refractivity contribution in [3.8, 4) is 0 Å². The molecule has 0 aromatic heterocycles. The van der Waals surface area contributed by atoms with Crippen molar-refractivity contribution in [2.75, 3.05) is 13.1 Å². The molecule has 4 nitrogen and oxygen atoms in total. The molecule has 1 N–H and O–H groups in total. The Balaban J connectivity index is 2.66. The van der Waals surface area contributed by atoms with E-state index >= 15 is 0 Å². The second kappa shape index (κ2) is 4.85. The highest BCUT2D eigenvalue weighted by molar-refractivity contribution is 5.96. The Hall–Kier alpha value is -1.06. The van der Waals surface area contributed by atoms with E-state index in [0.717, 1.165) is 25.8 Å². The highest BCUT2D eigenvalue weighted by atomic mass is 16.4. The first kappa shape index (κ1) is 13.0. The Bertz CT molecular complexity index is 284. The minimum atomic E-state index is -1.03.